The zero-order valence-corrected chi connectivity index (χ0v) is 13.4. The molecule has 1 atom stereocenters. The third-order valence-corrected chi connectivity index (χ3v) is 4.06. The standard InChI is InChI=1S/C17H21N3O3/c1-22-11-13-9-12(3-5-15(13)23-2)17-18-7-8-20(17)10-14-4-6-16(21)19-14/h3,5,7-9,14H,4,6,10-11H2,1-2H3,(H,19,21). The molecular formula is C17H21N3O3. The van der Waals surface area contributed by atoms with Gasteiger partial charge in [0.2, 0.25) is 5.91 Å². The number of hydrogen-bond acceptors (Lipinski definition) is 4. The number of ether oxygens (including phenoxy) is 2. The van der Waals surface area contributed by atoms with Crippen molar-refractivity contribution >= 4 is 5.91 Å². The summed E-state index contributed by atoms with van der Waals surface area (Å²) >= 11 is 0. The second-order valence-corrected chi connectivity index (χ2v) is 5.67. The van der Waals surface area contributed by atoms with Gasteiger partial charge >= 0.3 is 0 Å². The molecule has 1 aliphatic rings. The number of aromatic nitrogens is 2. The largest absolute Gasteiger partial charge is 0.496 e. The predicted octanol–water partition coefficient (Wildman–Crippen LogP) is 1.98. The van der Waals surface area contributed by atoms with Crippen LogP contribution in [0.15, 0.2) is 30.6 Å². The van der Waals surface area contributed by atoms with Gasteiger partial charge in [0, 0.05) is 49.6 Å². The maximum Gasteiger partial charge on any atom is 0.220 e. The van der Waals surface area contributed by atoms with E-state index in [1.807, 2.05) is 24.4 Å². The summed E-state index contributed by atoms with van der Waals surface area (Å²) in [5.41, 5.74) is 1.99. The smallest absolute Gasteiger partial charge is 0.220 e. The lowest BCUT2D eigenvalue weighted by atomic mass is 10.1. The van der Waals surface area contributed by atoms with Gasteiger partial charge in [0.1, 0.15) is 11.6 Å². The number of carbonyl (C=O) groups excluding carboxylic acids is 1. The van der Waals surface area contributed by atoms with Crippen LogP contribution in [-0.4, -0.2) is 35.7 Å². The Morgan fingerprint density at radius 1 is 1.39 bits per heavy atom. The number of carbonyl (C=O) groups is 1. The molecule has 23 heavy (non-hydrogen) atoms. The number of rotatable bonds is 6. The number of imidazole rings is 1. The molecule has 1 saturated heterocycles. The Hall–Kier alpha value is -2.34. The van der Waals surface area contributed by atoms with E-state index >= 15 is 0 Å². The predicted molar refractivity (Wildman–Crippen MR) is 86.1 cm³/mol. The fourth-order valence-electron chi connectivity index (χ4n) is 2.95. The van der Waals surface area contributed by atoms with Crippen molar-refractivity contribution in [1.29, 1.82) is 0 Å². The summed E-state index contributed by atoms with van der Waals surface area (Å²) in [4.78, 5) is 15.8. The Balaban J connectivity index is 1.86. The summed E-state index contributed by atoms with van der Waals surface area (Å²) in [6.45, 7) is 1.21. The van der Waals surface area contributed by atoms with E-state index in [9.17, 15) is 4.79 Å². The topological polar surface area (TPSA) is 65.4 Å². The lowest BCUT2D eigenvalue weighted by molar-refractivity contribution is -0.119. The van der Waals surface area contributed by atoms with Crippen LogP contribution < -0.4 is 10.1 Å². The van der Waals surface area contributed by atoms with E-state index in [2.05, 4.69) is 14.9 Å². The van der Waals surface area contributed by atoms with Crippen LogP contribution in [0.25, 0.3) is 11.4 Å². The Morgan fingerprint density at radius 2 is 2.26 bits per heavy atom. The van der Waals surface area contributed by atoms with Gasteiger partial charge in [-0.1, -0.05) is 0 Å². The van der Waals surface area contributed by atoms with Gasteiger partial charge in [-0.25, -0.2) is 4.98 Å². The number of nitrogens with zero attached hydrogens (tertiary/aromatic N) is 2. The van der Waals surface area contributed by atoms with Crippen molar-refractivity contribution in [2.45, 2.75) is 32.0 Å². The molecule has 0 saturated carbocycles. The lowest BCUT2D eigenvalue weighted by Gasteiger charge is -2.15. The average Bonchev–Trinajstić information content (AvgIpc) is 3.17. The van der Waals surface area contributed by atoms with E-state index in [0.29, 0.717) is 13.0 Å². The van der Waals surface area contributed by atoms with Crippen molar-refractivity contribution in [2.75, 3.05) is 14.2 Å². The monoisotopic (exact) mass is 315 g/mol. The summed E-state index contributed by atoms with van der Waals surface area (Å²) in [5.74, 6) is 1.81. The van der Waals surface area contributed by atoms with Crippen molar-refractivity contribution in [1.82, 2.24) is 14.9 Å². The molecule has 2 heterocycles. The highest BCUT2D eigenvalue weighted by atomic mass is 16.5. The molecule has 1 aliphatic heterocycles. The molecule has 2 aromatic rings. The highest BCUT2D eigenvalue weighted by molar-refractivity contribution is 5.78. The van der Waals surface area contributed by atoms with Crippen LogP contribution in [0.4, 0.5) is 0 Å². The van der Waals surface area contributed by atoms with Gasteiger partial charge in [-0.3, -0.25) is 4.79 Å². The van der Waals surface area contributed by atoms with E-state index < -0.39 is 0 Å². The van der Waals surface area contributed by atoms with E-state index in [0.717, 1.165) is 35.7 Å². The van der Waals surface area contributed by atoms with E-state index in [-0.39, 0.29) is 11.9 Å². The number of hydrogen-bond donors (Lipinski definition) is 1. The molecule has 0 aliphatic carbocycles. The quantitative estimate of drug-likeness (QED) is 0.885. The van der Waals surface area contributed by atoms with Gasteiger partial charge in [-0.2, -0.15) is 0 Å². The summed E-state index contributed by atoms with van der Waals surface area (Å²) in [6, 6.07) is 6.13. The fourth-order valence-corrected chi connectivity index (χ4v) is 2.95. The molecule has 6 heteroatoms. The van der Waals surface area contributed by atoms with Gasteiger partial charge in [-0.15, -0.1) is 0 Å². The molecule has 1 amide bonds. The average molecular weight is 315 g/mol. The first-order valence-electron chi connectivity index (χ1n) is 7.68. The Bertz CT molecular complexity index is 696. The van der Waals surface area contributed by atoms with Gasteiger partial charge in [0.25, 0.3) is 0 Å². The van der Waals surface area contributed by atoms with Crippen LogP contribution in [-0.2, 0) is 22.7 Å². The SMILES string of the molecule is COCc1cc(-c2nccn2CC2CCC(=O)N2)ccc1OC. The summed E-state index contributed by atoms with van der Waals surface area (Å²) < 4.78 is 12.7. The van der Waals surface area contributed by atoms with Crippen molar-refractivity contribution in [3.63, 3.8) is 0 Å². The van der Waals surface area contributed by atoms with Crippen LogP contribution in [0.2, 0.25) is 0 Å². The molecule has 122 valence electrons. The number of amides is 1. The van der Waals surface area contributed by atoms with Gasteiger partial charge in [-0.05, 0) is 24.6 Å². The zero-order chi connectivity index (χ0) is 16.2. The maximum atomic E-state index is 11.4. The minimum Gasteiger partial charge on any atom is -0.496 e. The second kappa shape index (κ2) is 6.83. The lowest BCUT2D eigenvalue weighted by Crippen LogP contribution is -2.29. The molecule has 6 nitrogen and oxygen atoms in total. The molecule has 1 unspecified atom stereocenters. The maximum absolute atomic E-state index is 11.4. The Labute approximate surface area is 135 Å². The molecular weight excluding hydrogens is 294 g/mol. The second-order valence-electron chi connectivity index (χ2n) is 5.67. The first-order chi connectivity index (χ1) is 11.2. The third-order valence-electron chi connectivity index (χ3n) is 4.06. The van der Waals surface area contributed by atoms with Crippen molar-refractivity contribution in [3.05, 3.63) is 36.2 Å². The molecule has 0 radical (unpaired) electrons. The molecule has 0 bridgehead atoms. The molecule has 1 aromatic carbocycles. The molecule has 0 spiro atoms. The van der Waals surface area contributed by atoms with E-state index in [1.165, 1.54) is 0 Å². The number of benzene rings is 1. The highest BCUT2D eigenvalue weighted by Crippen LogP contribution is 2.27. The van der Waals surface area contributed by atoms with E-state index in [1.54, 1.807) is 20.4 Å². The van der Waals surface area contributed by atoms with Crippen LogP contribution in [0, 0.1) is 0 Å². The van der Waals surface area contributed by atoms with Gasteiger partial charge in [0.05, 0.1) is 13.7 Å². The van der Waals surface area contributed by atoms with Gasteiger partial charge < -0.3 is 19.4 Å². The number of methoxy groups -OCH3 is 2. The third kappa shape index (κ3) is 3.37. The van der Waals surface area contributed by atoms with Crippen molar-refractivity contribution in [2.24, 2.45) is 0 Å². The molecule has 1 fully saturated rings. The summed E-state index contributed by atoms with van der Waals surface area (Å²) in [7, 11) is 3.31. The van der Waals surface area contributed by atoms with Crippen molar-refractivity contribution < 1.29 is 14.3 Å². The number of nitrogens with one attached hydrogen (secondary N) is 1. The molecule has 1 N–H and O–H groups in total. The fraction of sp³-hybridized carbons (Fsp3) is 0.412. The first-order valence-corrected chi connectivity index (χ1v) is 7.68. The first kappa shape index (κ1) is 15.6. The summed E-state index contributed by atoms with van der Waals surface area (Å²) in [6.07, 6.45) is 5.20. The minimum absolute atomic E-state index is 0.128. The van der Waals surface area contributed by atoms with Crippen LogP contribution in [0.5, 0.6) is 5.75 Å². The normalized spacial score (nSPS) is 17.3. The molecule has 3 rings (SSSR count). The van der Waals surface area contributed by atoms with Crippen LogP contribution >= 0.6 is 0 Å². The molecule has 1 aromatic heterocycles. The highest BCUT2D eigenvalue weighted by Gasteiger charge is 2.22. The van der Waals surface area contributed by atoms with Crippen LogP contribution in [0.1, 0.15) is 18.4 Å². The minimum atomic E-state index is 0.128. The Kier molecular flexibility index (Phi) is 4.62. The van der Waals surface area contributed by atoms with Crippen molar-refractivity contribution in [3.8, 4) is 17.1 Å². The Morgan fingerprint density at radius 3 is 2.96 bits per heavy atom. The van der Waals surface area contributed by atoms with Crippen LogP contribution in [0.3, 0.4) is 0 Å². The van der Waals surface area contributed by atoms with Gasteiger partial charge in [0.15, 0.2) is 0 Å². The zero-order valence-electron chi connectivity index (χ0n) is 13.4. The summed E-state index contributed by atoms with van der Waals surface area (Å²) in [5, 5.41) is 2.99. The van der Waals surface area contributed by atoms with E-state index in [4.69, 9.17) is 9.47 Å².